The lowest BCUT2D eigenvalue weighted by Crippen LogP contribution is -2.15. The summed E-state index contributed by atoms with van der Waals surface area (Å²) in [6.45, 7) is 0. The molecule has 1 aliphatic carbocycles. The van der Waals surface area contributed by atoms with E-state index in [1.54, 1.807) is 61.7 Å². The predicted octanol–water partition coefficient (Wildman–Crippen LogP) is 6.00. The first-order chi connectivity index (χ1) is 19.9. The molecule has 0 amide bonds. The molecule has 0 bridgehead atoms. The third kappa shape index (κ3) is 6.02. The molecule has 10 heteroatoms. The first-order valence-corrected chi connectivity index (χ1v) is 13.9. The molecule has 0 spiro atoms. The van der Waals surface area contributed by atoms with Crippen molar-refractivity contribution in [1.29, 1.82) is 0 Å². The van der Waals surface area contributed by atoms with Gasteiger partial charge in [-0.05, 0) is 85.3 Å². The summed E-state index contributed by atoms with van der Waals surface area (Å²) >= 11 is 1.04. The first kappa shape index (κ1) is 28.1. The lowest BCUT2D eigenvalue weighted by molar-refractivity contribution is -0.130. The number of nitrogens with zero attached hydrogens (tertiary/aromatic N) is 2. The number of allylic oxidation sites excluding steroid dienone is 1. The molecular weight excluding hydrogens is 544 g/mol. The summed E-state index contributed by atoms with van der Waals surface area (Å²) in [5.41, 5.74) is 2.53. The predicted molar refractivity (Wildman–Crippen MR) is 155 cm³/mol. The number of rotatable bonds is 11. The lowest BCUT2D eigenvalue weighted by atomic mass is 9.89. The van der Waals surface area contributed by atoms with Gasteiger partial charge in [0.05, 0.1) is 44.7 Å². The SMILES string of the molecule is COc1ccc(C(=O)/C(Cc2cc(OC)c(OC)c(OC3CCCC3)c2)=C(/C(=O)O)c2ccc3nsnc3c2)cc1. The molecule has 0 saturated heterocycles. The second kappa shape index (κ2) is 12.4. The number of carboxylic acid groups (broad SMARTS) is 1. The number of aliphatic carboxylic acids is 1. The average Bonchev–Trinajstić information content (AvgIpc) is 3.68. The van der Waals surface area contributed by atoms with Crippen molar-refractivity contribution >= 4 is 40.1 Å². The maximum atomic E-state index is 14.0. The van der Waals surface area contributed by atoms with Gasteiger partial charge in [0.2, 0.25) is 5.75 Å². The van der Waals surface area contributed by atoms with Crippen LogP contribution in [-0.4, -0.2) is 53.0 Å². The number of ketones is 1. The van der Waals surface area contributed by atoms with Crippen LogP contribution in [0.3, 0.4) is 0 Å². The van der Waals surface area contributed by atoms with Crippen molar-refractivity contribution in [1.82, 2.24) is 8.75 Å². The molecule has 9 nitrogen and oxygen atoms in total. The van der Waals surface area contributed by atoms with Gasteiger partial charge >= 0.3 is 5.97 Å². The van der Waals surface area contributed by atoms with Crippen LogP contribution in [0.5, 0.6) is 23.0 Å². The molecule has 0 atom stereocenters. The molecule has 5 rings (SSSR count). The van der Waals surface area contributed by atoms with Crippen molar-refractivity contribution < 1.29 is 33.6 Å². The van der Waals surface area contributed by atoms with Crippen molar-refractivity contribution in [2.45, 2.75) is 38.2 Å². The molecule has 3 aromatic carbocycles. The van der Waals surface area contributed by atoms with E-state index in [0.29, 0.717) is 50.7 Å². The van der Waals surface area contributed by atoms with Gasteiger partial charge in [0.15, 0.2) is 17.3 Å². The highest BCUT2D eigenvalue weighted by Crippen LogP contribution is 2.41. The highest BCUT2D eigenvalue weighted by Gasteiger charge is 2.27. The maximum Gasteiger partial charge on any atom is 0.336 e. The minimum atomic E-state index is -1.23. The fraction of sp³-hybridized carbons (Fsp3) is 0.290. The van der Waals surface area contributed by atoms with E-state index < -0.39 is 11.8 Å². The summed E-state index contributed by atoms with van der Waals surface area (Å²) in [6.07, 6.45) is 4.11. The number of aromatic nitrogens is 2. The van der Waals surface area contributed by atoms with Gasteiger partial charge in [0, 0.05) is 17.6 Å². The zero-order valence-electron chi connectivity index (χ0n) is 23.0. The number of hydrogen-bond acceptors (Lipinski definition) is 9. The van der Waals surface area contributed by atoms with Crippen LogP contribution >= 0.6 is 11.7 Å². The van der Waals surface area contributed by atoms with E-state index in [2.05, 4.69) is 8.75 Å². The Bertz CT molecular complexity index is 1600. The van der Waals surface area contributed by atoms with Crippen LogP contribution in [0.1, 0.15) is 47.2 Å². The van der Waals surface area contributed by atoms with Crippen LogP contribution in [0, 0.1) is 0 Å². The summed E-state index contributed by atoms with van der Waals surface area (Å²) in [4.78, 5) is 26.9. The second-order valence-corrected chi connectivity index (χ2v) is 10.2. The molecule has 0 radical (unpaired) electrons. The maximum absolute atomic E-state index is 14.0. The van der Waals surface area contributed by atoms with Crippen molar-refractivity contribution in [2.24, 2.45) is 0 Å². The highest BCUT2D eigenvalue weighted by atomic mass is 32.1. The number of benzene rings is 3. The molecule has 1 fully saturated rings. The van der Waals surface area contributed by atoms with Gasteiger partial charge in [-0.15, -0.1) is 0 Å². The molecule has 41 heavy (non-hydrogen) atoms. The van der Waals surface area contributed by atoms with Gasteiger partial charge < -0.3 is 24.1 Å². The van der Waals surface area contributed by atoms with Gasteiger partial charge in [-0.25, -0.2) is 4.79 Å². The molecule has 1 aromatic heterocycles. The Morgan fingerprint density at radius 1 is 0.854 bits per heavy atom. The largest absolute Gasteiger partial charge is 0.497 e. The number of Topliss-reactive ketones (excluding diaryl/α,β-unsaturated/α-hetero) is 1. The summed E-state index contributed by atoms with van der Waals surface area (Å²) in [6, 6.07) is 15.1. The Morgan fingerprint density at radius 3 is 2.20 bits per heavy atom. The standard InChI is InChI=1S/C31H30N2O7S/c1-37-21-11-8-19(9-12-21)29(34)23(28(31(35)36)20-10-13-24-25(17-20)33-41-32-24)14-18-15-26(38-2)30(39-3)27(16-18)40-22-6-4-5-7-22/h8-13,15-17,22H,4-7,14H2,1-3H3,(H,35,36)/b28-23+. The first-order valence-electron chi connectivity index (χ1n) is 13.2. The van der Waals surface area contributed by atoms with Crippen LogP contribution in [0.4, 0.5) is 0 Å². The summed E-state index contributed by atoms with van der Waals surface area (Å²) in [5.74, 6) is 0.315. The number of hydrogen-bond donors (Lipinski definition) is 1. The van der Waals surface area contributed by atoms with Gasteiger partial charge in [0.1, 0.15) is 16.8 Å². The monoisotopic (exact) mass is 574 g/mol. The van der Waals surface area contributed by atoms with Crippen molar-refractivity contribution in [3.63, 3.8) is 0 Å². The van der Waals surface area contributed by atoms with Crippen LogP contribution in [0.15, 0.2) is 60.2 Å². The van der Waals surface area contributed by atoms with E-state index in [0.717, 1.165) is 37.4 Å². The molecular formula is C31H30N2O7S. The molecule has 212 valence electrons. The quantitative estimate of drug-likeness (QED) is 0.170. The van der Waals surface area contributed by atoms with E-state index in [1.807, 2.05) is 0 Å². The minimum absolute atomic E-state index is 0.00122. The van der Waals surface area contributed by atoms with E-state index in [-0.39, 0.29) is 23.7 Å². The number of carbonyl (C=O) groups is 2. The molecule has 0 unspecified atom stereocenters. The second-order valence-electron chi connectivity index (χ2n) is 9.71. The zero-order valence-corrected chi connectivity index (χ0v) is 23.8. The third-order valence-electron chi connectivity index (χ3n) is 7.17. The zero-order chi connectivity index (χ0) is 28.9. The Kier molecular flexibility index (Phi) is 8.49. The Labute approximate surface area is 241 Å². The Morgan fingerprint density at radius 2 is 1.54 bits per heavy atom. The molecule has 1 heterocycles. The number of carbonyl (C=O) groups excluding carboxylic acids is 1. The van der Waals surface area contributed by atoms with Crippen LogP contribution in [0.25, 0.3) is 16.6 Å². The Hall–Kier alpha value is -4.44. The molecule has 4 aromatic rings. The van der Waals surface area contributed by atoms with Gasteiger partial charge in [-0.1, -0.05) is 6.07 Å². The normalized spacial score (nSPS) is 14.0. The summed E-state index contributed by atoms with van der Waals surface area (Å²) in [5, 5.41) is 10.5. The van der Waals surface area contributed by atoms with Crippen LogP contribution in [-0.2, 0) is 11.2 Å². The third-order valence-corrected chi connectivity index (χ3v) is 7.72. The fourth-order valence-corrected chi connectivity index (χ4v) is 5.64. The Balaban J connectivity index is 1.66. The molecule has 1 saturated carbocycles. The number of methoxy groups -OCH3 is 3. The molecule has 0 aliphatic heterocycles. The minimum Gasteiger partial charge on any atom is -0.497 e. The molecule has 1 aliphatic rings. The lowest BCUT2D eigenvalue weighted by Gasteiger charge is -2.20. The smallest absolute Gasteiger partial charge is 0.336 e. The summed E-state index contributed by atoms with van der Waals surface area (Å²) in [7, 11) is 4.61. The van der Waals surface area contributed by atoms with Crippen LogP contribution in [0.2, 0.25) is 0 Å². The van der Waals surface area contributed by atoms with Crippen molar-refractivity contribution in [3.05, 3.63) is 76.9 Å². The van der Waals surface area contributed by atoms with E-state index >= 15 is 0 Å². The van der Waals surface area contributed by atoms with E-state index in [9.17, 15) is 14.7 Å². The topological polar surface area (TPSA) is 117 Å². The number of ether oxygens (including phenoxy) is 4. The number of carboxylic acids is 1. The van der Waals surface area contributed by atoms with E-state index in [4.69, 9.17) is 18.9 Å². The fourth-order valence-electron chi connectivity index (χ4n) is 5.13. The van der Waals surface area contributed by atoms with Gasteiger partial charge in [0.25, 0.3) is 0 Å². The molecule has 1 N–H and O–H groups in total. The van der Waals surface area contributed by atoms with E-state index in [1.165, 1.54) is 14.2 Å². The average molecular weight is 575 g/mol. The van der Waals surface area contributed by atoms with Gasteiger partial charge in [-0.2, -0.15) is 8.75 Å². The van der Waals surface area contributed by atoms with Crippen LogP contribution < -0.4 is 18.9 Å². The number of fused-ring (bicyclic) bond motifs is 1. The van der Waals surface area contributed by atoms with Crippen molar-refractivity contribution in [2.75, 3.05) is 21.3 Å². The summed E-state index contributed by atoms with van der Waals surface area (Å²) < 4.78 is 31.3. The van der Waals surface area contributed by atoms with Gasteiger partial charge in [-0.3, -0.25) is 4.79 Å². The van der Waals surface area contributed by atoms with Crippen molar-refractivity contribution in [3.8, 4) is 23.0 Å². The highest BCUT2D eigenvalue weighted by molar-refractivity contribution is 7.00.